The van der Waals surface area contributed by atoms with Crippen LogP contribution in [0, 0.1) is 0 Å². The highest BCUT2D eigenvalue weighted by molar-refractivity contribution is 9.10. The molecule has 4 nitrogen and oxygen atoms in total. The molecule has 0 radical (unpaired) electrons. The van der Waals surface area contributed by atoms with Crippen LogP contribution in [0.4, 0.5) is 0 Å². The quantitative estimate of drug-likeness (QED) is 0.887. The van der Waals surface area contributed by atoms with Crippen molar-refractivity contribution in [2.75, 3.05) is 20.6 Å². The summed E-state index contributed by atoms with van der Waals surface area (Å²) in [5, 5.41) is 17.2. The van der Waals surface area contributed by atoms with E-state index in [9.17, 15) is 5.11 Å². The van der Waals surface area contributed by atoms with Crippen LogP contribution in [-0.2, 0) is 6.54 Å². The smallest absolute Gasteiger partial charge is 0.132 e. The van der Waals surface area contributed by atoms with Crippen molar-refractivity contribution in [2.24, 2.45) is 0 Å². The van der Waals surface area contributed by atoms with Crippen LogP contribution in [-0.4, -0.2) is 40.4 Å². The molecule has 0 spiro atoms. The predicted molar refractivity (Wildman–Crippen MR) is 81.9 cm³/mol. The fraction of sp³-hybridized carbons (Fsp3) is 0.417. The van der Waals surface area contributed by atoms with E-state index in [2.05, 4.69) is 25.9 Å². The van der Waals surface area contributed by atoms with E-state index in [0.717, 1.165) is 21.6 Å². The Balaban J connectivity index is 2.28. The van der Waals surface area contributed by atoms with Crippen molar-refractivity contribution in [3.05, 3.63) is 37.7 Å². The molecule has 0 saturated carbocycles. The van der Waals surface area contributed by atoms with Crippen LogP contribution in [0.5, 0.6) is 0 Å². The number of aliphatic hydroxyl groups is 1. The van der Waals surface area contributed by atoms with Crippen molar-refractivity contribution in [1.29, 1.82) is 0 Å². The molecule has 0 saturated heterocycles. The number of likely N-dealkylation sites (N-methyl/N-ethyl adjacent to an activating group) is 1. The molecule has 2 aromatic heterocycles. The Kier molecular flexibility index (Phi) is 5.03. The highest BCUT2D eigenvalue weighted by atomic mass is 79.9. The third-order valence-corrected chi connectivity index (χ3v) is 4.77. The lowest BCUT2D eigenvalue weighted by Gasteiger charge is -2.15. The molecule has 0 aliphatic heterocycles. The Bertz CT molecular complexity index is 555. The average Bonchev–Trinajstić information content (AvgIpc) is 2.92. The third-order valence-electron chi connectivity index (χ3n) is 2.74. The molecular formula is C12H15BrClN3OS. The van der Waals surface area contributed by atoms with E-state index < -0.39 is 6.10 Å². The summed E-state index contributed by atoms with van der Waals surface area (Å²) < 4.78 is 2.60. The van der Waals surface area contributed by atoms with E-state index in [1.165, 1.54) is 11.3 Å². The molecule has 0 amide bonds. The highest BCUT2D eigenvalue weighted by Gasteiger charge is 2.22. The van der Waals surface area contributed by atoms with Gasteiger partial charge in [-0.05, 0) is 41.5 Å². The minimum atomic E-state index is -0.758. The van der Waals surface area contributed by atoms with E-state index in [4.69, 9.17) is 11.6 Å². The Morgan fingerprint density at radius 2 is 2.32 bits per heavy atom. The van der Waals surface area contributed by atoms with E-state index in [0.29, 0.717) is 11.6 Å². The summed E-state index contributed by atoms with van der Waals surface area (Å²) in [6.07, 6.45) is 0.946. The molecule has 0 aromatic carbocycles. The second kappa shape index (κ2) is 6.37. The van der Waals surface area contributed by atoms with Crippen LogP contribution < -0.4 is 0 Å². The van der Waals surface area contributed by atoms with Crippen molar-refractivity contribution in [2.45, 2.75) is 12.6 Å². The van der Waals surface area contributed by atoms with Crippen molar-refractivity contribution in [1.82, 2.24) is 14.7 Å². The second-order valence-corrected chi connectivity index (χ2v) is 6.65. The average molecular weight is 365 g/mol. The summed E-state index contributed by atoms with van der Waals surface area (Å²) in [7, 11) is 4.01. The molecule has 1 N–H and O–H groups in total. The zero-order chi connectivity index (χ0) is 14.0. The summed E-state index contributed by atoms with van der Waals surface area (Å²) >= 11 is 11.0. The molecule has 1 unspecified atom stereocenters. The third kappa shape index (κ3) is 3.38. The van der Waals surface area contributed by atoms with E-state index in [1.807, 2.05) is 24.2 Å². The van der Waals surface area contributed by atoms with Crippen LogP contribution in [0.15, 0.2) is 22.1 Å². The molecule has 0 aliphatic carbocycles. The first kappa shape index (κ1) is 15.0. The minimum absolute atomic E-state index is 0.588. The first-order chi connectivity index (χ1) is 9.00. The van der Waals surface area contributed by atoms with Gasteiger partial charge in [0.15, 0.2) is 0 Å². The molecule has 0 fully saturated rings. The lowest BCUT2D eigenvalue weighted by atomic mass is 10.2. The number of aliphatic hydroxyl groups excluding tert-OH is 1. The van der Waals surface area contributed by atoms with Gasteiger partial charge in [0, 0.05) is 6.54 Å². The SMILES string of the molecule is CN(C)CCn1ncc(Br)c1C(O)c1sccc1Cl. The number of aromatic nitrogens is 2. The zero-order valence-corrected chi connectivity index (χ0v) is 13.8. The zero-order valence-electron chi connectivity index (χ0n) is 10.7. The summed E-state index contributed by atoms with van der Waals surface area (Å²) in [5.41, 5.74) is 0.742. The fourth-order valence-corrected chi connectivity index (χ4v) is 3.40. The van der Waals surface area contributed by atoms with Gasteiger partial charge >= 0.3 is 0 Å². The fourth-order valence-electron chi connectivity index (χ4n) is 1.74. The van der Waals surface area contributed by atoms with Gasteiger partial charge < -0.3 is 10.0 Å². The Labute approximate surface area is 129 Å². The number of hydrogen-bond donors (Lipinski definition) is 1. The number of rotatable bonds is 5. The number of hydrogen-bond acceptors (Lipinski definition) is 4. The van der Waals surface area contributed by atoms with Gasteiger partial charge in [0.2, 0.25) is 0 Å². The van der Waals surface area contributed by atoms with E-state index >= 15 is 0 Å². The van der Waals surface area contributed by atoms with Gasteiger partial charge in [0.1, 0.15) is 6.10 Å². The minimum Gasteiger partial charge on any atom is -0.381 e. The standard InChI is InChI=1S/C12H15BrClN3OS/c1-16(2)4-5-17-10(8(13)7-15-17)11(18)12-9(14)3-6-19-12/h3,6-7,11,18H,4-5H2,1-2H3. The molecule has 2 aromatic rings. The maximum Gasteiger partial charge on any atom is 0.132 e. The van der Waals surface area contributed by atoms with Crippen molar-refractivity contribution >= 4 is 38.9 Å². The van der Waals surface area contributed by atoms with Crippen LogP contribution in [0.25, 0.3) is 0 Å². The molecule has 0 bridgehead atoms. The maximum absolute atomic E-state index is 10.5. The van der Waals surface area contributed by atoms with Gasteiger partial charge in [0.25, 0.3) is 0 Å². The lowest BCUT2D eigenvalue weighted by Crippen LogP contribution is -2.21. The first-order valence-corrected chi connectivity index (χ1v) is 7.82. The first-order valence-electron chi connectivity index (χ1n) is 5.77. The number of thiophene rings is 1. The normalized spacial score (nSPS) is 13.2. The molecule has 2 rings (SSSR count). The molecule has 1 atom stereocenters. The Hall–Kier alpha value is -0.400. The topological polar surface area (TPSA) is 41.3 Å². The molecule has 0 aliphatic rings. The van der Waals surface area contributed by atoms with Gasteiger partial charge in [-0.1, -0.05) is 11.6 Å². The van der Waals surface area contributed by atoms with Gasteiger partial charge in [-0.15, -0.1) is 11.3 Å². The Morgan fingerprint density at radius 3 is 2.89 bits per heavy atom. The highest BCUT2D eigenvalue weighted by Crippen LogP contribution is 2.35. The molecular weight excluding hydrogens is 350 g/mol. The molecule has 19 heavy (non-hydrogen) atoms. The van der Waals surface area contributed by atoms with E-state index in [-0.39, 0.29) is 0 Å². The lowest BCUT2D eigenvalue weighted by molar-refractivity contribution is 0.208. The van der Waals surface area contributed by atoms with Crippen molar-refractivity contribution in [3.8, 4) is 0 Å². The largest absolute Gasteiger partial charge is 0.381 e. The molecule has 7 heteroatoms. The summed E-state index contributed by atoms with van der Waals surface area (Å²) in [5.74, 6) is 0. The molecule has 2 heterocycles. The van der Waals surface area contributed by atoms with Crippen LogP contribution in [0.1, 0.15) is 16.7 Å². The van der Waals surface area contributed by atoms with Crippen LogP contribution in [0.3, 0.4) is 0 Å². The van der Waals surface area contributed by atoms with Crippen molar-refractivity contribution < 1.29 is 5.11 Å². The second-order valence-electron chi connectivity index (χ2n) is 4.44. The van der Waals surface area contributed by atoms with Crippen LogP contribution >= 0.6 is 38.9 Å². The monoisotopic (exact) mass is 363 g/mol. The predicted octanol–water partition coefficient (Wildman–Crippen LogP) is 3.00. The maximum atomic E-state index is 10.5. The summed E-state index contributed by atoms with van der Waals surface area (Å²) in [6.45, 7) is 1.57. The van der Waals surface area contributed by atoms with E-state index in [1.54, 1.807) is 12.3 Å². The van der Waals surface area contributed by atoms with Gasteiger partial charge in [-0.3, -0.25) is 4.68 Å². The van der Waals surface area contributed by atoms with Crippen LogP contribution in [0.2, 0.25) is 5.02 Å². The van der Waals surface area contributed by atoms with Gasteiger partial charge in [-0.25, -0.2) is 0 Å². The van der Waals surface area contributed by atoms with Crippen molar-refractivity contribution in [3.63, 3.8) is 0 Å². The summed E-state index contributed by atoms with van der Waals surface area (Å²) in [6, 6.07) is 1.79. The van der Waals surface area contributed by atoms with Gasteiger partial charge in [-0.2, -0.15) is 5.10 Å². The van der Waals surface area contributed by atoms with Gasteiger partial charge in [0.05, 0.1) is 32.8 Å². The number of halogens is 2. The number of nitrogens with zero attached hydrogens (tertiary/aromatic N) is 3. The Morgan fingerprint density at radius 1 is 1.58 bits per heavy atom. The summed E-state index contributed by atoms with van der Waals surface area (Å²) in [4.78, 5) is 2.82. The molecule has 104 valence electrons.